The van der Waals surface area contributed by atoms with Crippen LogP contribution in [0.3, 0.4) is 0 Å². The van der Waals surface area contributed by atoms with Crippen LogP contribution in [0.1, 0.15) is 52.6 Å². The fourth-order valence-electron chi connectivity index (χ4n) is 6.79. The highest BCUT2D eigenvalue weighted by Crippen LogP contribution is 2.35. The van der Waals surface area contributed by atoms with Crippen LogP contribution in [-0.4, -0.2) is 46.5 Å². The van der Waals surface area contributed by atoms with Gasteiger partial charge in [0.05, 0.1) is 12.4 Å². The monoisotopic (exact) mass is 900 g/mol. The number of hydrogen-bond donors (Lipinski definition) is 6. The summed E-state index contributed by atoms with van der Waals surface area (Å²) in [7, 11) is 0. The van der Waals surface area contributed by atoms with Crippen LogP contribution in [0.25, 0.3) is 0 Å². The van der Waals surface area contributed by atoms with E-state index < -0.39 is 23.6 Å². The Morgan fingerprint density at radius 1 is 0.338 bits per heavy atom. The van der Waals surface area contributed by atoms with Crippen molar-refractivity contribution in [2.45, 2.75) is 0 Å². The van der Waals surface area contributed by atoms with Gasteiger partial charge in [0.2, 0.25) is 0 Å². The Hall–Kier alpha value is -9.50. The lowest BCUT2D eigenvalue weighted by Crippen LogP contribution is -2.21. The van der Waals surface area contributed by atoms with Crippen molar-refractivity contribution < 1.29 is 29.6 Å². The highest BCUT2D eigenvalue weighted by molar-refractivity contribution is 6.00. The molecule has 0 saturated carbocycles. The maximum absolute atomic E-state index is 12.3. The number of hydroxylamine groups is 2. The van der Waals surface area contributed by atoms with E-state index in [1.54, 1.807) is 35.5 Å². The Morgan fingerprint density at radius 2 is 0.632 bits per heavy atom. The molecule has 0 spiro atoms. The maximum atomic E-state index is 12.3. The Morgan fingerprint density at radius 3 is 0.985 bits per heavy atom. The van der Waals surface area contributed by atoms with E-state index in [-0.39, 0.29) is 16.7 Å². The average Bonchev–Trinajstić information content (AvgIpc) is 3.40. The molecule has 0 aromatic heterocycles. The Kier molecular flexibility index (Phi) is 16.0. The third kappa shape index (κ3) is 12.4. The molecule has 6 N–H and O–H groups in total. The fraction of sp³-hybridized carbons (Fsp3) is 0. The second-order valence-corrected chi connectivity index (χ2v) is 14.6. The number of carbonyl (C=O) groups excluding carboxylic acids is 4. The second kappa shape index (κ2) is 23.4. The van der Waals surface area contributed by atoms with Gasteiger partial charge in [0, 0.05) is 56.4 Å². The van der Waals surface area contributed by atoms with Crippen LogP contribution < -0.4 is 31.6 Å². The Bertz CT molecular complexity index is 2900. The summed E-state index contributed by atoms with van der Waals surface area (Å²) in [6.45, 7) is 0. The predicted octanol–water partition coefficient (Wildman–Crippen LogP) is 10.1. The highest BCUT2D eigenvalue weighted by atomic mass is 16.5. The van der Waals surface area contributed by atoms with Crippen LogP contribution in [0.2, 0.25) is 0 Å². The molecule has 0 saturated heterocycles. The first-order valence-corrected chi connectivity index (χ1v) is 21.1. The van der Waals surface area contributed by atoms with Gasteiger partial charge in [-0.05, 0) is 126 Å². The van der Waals surface area contributed by atoms with Crippen molar-refractivity contribution in [2.24, 2.45) is 10.2 Å². The molecule has 8 rings (SSSR count). The largest absolute Gasteiger partial charge is 0.311 e. The first kappa shape index (κ1) is 46.5. The van der Waals surface area contributed by atoms with Gasteiger partial charge in [0.15, 0.2) is 0 Å². The van der Waals surface area contributed by atoms with Gasteiger partial charge in [0.25, 0.3) is 23.6 Å². The SMILES string of the molecule is O=C(NO)c1ccc(C(=O)N/N=C/c2ccc(N(c3ccccc3)c3ccccc3)cc2)cc1.O=C(NO)c1cccc(C(=O)N/N=C/c2ccc(N(c3ccccc3)c3ccccc3)cc2)c1. The summed E-state index contributed by atoms with van der Waals surface area (Å²) in [5.74, 6) is -2.23. The summed E-state index contributed by atoms with van der Waals surface area (Å²) < 4.78 is 0. The molecule has 0 fully saturated rings. The number of hydrazone groups is 2. The topological polar surface area (TPSA) is 188 Å². The van der Waals surface area contributed by atoms with E-state index in [1.165, 1.54) is 36.4 Å². The zero-order valence-corrected chi connectivity index (χ0v) is 36.3. The lowest BCUT2D eigenvalue weighted by molar-refractivity contribution is 0.0702. The minimum atomic E-state index is -0.696. The minimum absolute atomic E-state index is 0.163. The van der Waals surface area contributed by atoms with Gasteiger partial charge < -0.3 is 9.80 Å². The van der Waals surface area contributed by atoms with Crippen LogP contribution in [0.5, 0.6) is 0 Å². The molecule has 0 aliphatic rings. The molecule has 14 heteroatoms. The zero-order chi connectivity index (χ0) is 47.5. The number of nitrogens with zero attached hydrogens (tertiary/aromatic N) is 4. The van der Waals surface area contributed by atoms with Crippen molar-refractivity contribution in [3.8, 4) is 0 Å². The van der Waals surface area contributed by atoms with Crippen molar-refractivity contribution in [1.82, 2.24) is 21.8 Å². The van der Waals surface area contributed by atoms with Gasteiger partial charge in [-0.15, -0.1) is 0 Å². The summed E-state index contributed by atoms with van der Waals surface area (Å²) in [6.07, 6.45) is 3.10. The van der Waals surface area contributed by atoms with Crippen molar-refractivity contribution in [3.05, 3.63) is 252 Å². The van der Waals surface area contributed by atoms with E-state index in [0.717, 1.165) is 45.3 Å². The quantitative estimate of drug-likeness (QED) is 0.0353. The Labute approximate surface area is 392 Å². The van der Waals surface area contributed by atoms with Gasteiger partial charge >= 0.3 is 0 Å². The average molecular weight is 901 g/mol. The number of para-hydroxylation sites is 4. The molecule has 14 nitrogen and oxygen atoms in total. The molecule has 8 aromatic rings. The molecule has 0 bridgehead atoms. The van der Waals surface area contributed by atoms with Gasteiger partial charge in [-0.1, -0.05) is 103 Å². The molecule has 0 aliphatic heterocycles. The number of rotatable bonds is 14. The zero-order valence-electron chi connectivity index (χ0n) is 36.3. The van der Waals surface area contributed by atoms with E-state index in [4.69, 9.17) is 10.4 Å². The number of anilines is 6. The van der Waals surface area contributed by atoms with Gasteiger partial charge in [0.1, 0.15) is 0 Å². The summed E-state index contributed by atoms with van der Waals surface area (Å²) in [6, 6.07) is 67.8. The smallest absolute Gasteiger partial charge is 0.274 e. The van der Waals surface area contributed by atoms with Crippen LogP contribution in [0.4, 0.5) is 34.1 Å². The van der Waals surface area contributed by atoms with E-state index >= 15 is 0 Å². The van der Waals surface area contributed by atoms with E-state index in [0.29, 0.717) is 5.56 Å². The second-order valence-electron chi connectivity index (χ2n) is 14.6. The predicted molar refractivity (Wildman–Crippen MR) is 264 cm³/mol. The van der Waals surface area contributed by atoms with Crippen LogP contribution in [0, 0.1) is 0 Å². The minimum Gasteiger partial charge on any atom is -0.311 e. The van der Waals surface area contributed by atoms with Crippen molar-refractivity contribution in [2.75, 3.05) is 9.80 Å². The summed E-state index contributed by atoms with van der Waals surface area (Å²) in [4.78, 5) is 51.8. The van der Waals surface area contributed by atoms with Crippen LogP contribution >= 0.6 is 0 Å². The lowest BCUT2D eigenvalue weighted by atomic mass is 10.1. The number of amides is 4. The molecule has 4 amide bonds. The molecule has 0 aliphatic carbocycles. The molecule has 0 heterocycles. The van der Waals surface area contributed by atoms with Gasteiger partial charge in [-0.3, -0.25) is 29.6 Å². The maximum Gasteiger partial charge on any atom is 0.274 e. The summed E-state index contributed by atoms with van der Waals surface area (Å²) >= 11 is 0. The molecule has 0 atom stereocenters. The number of benzene rings is 8. The molecule has 336 valence electrons. The van der Waals surface area contributed by atoms with E-state index in [1.807, 2.05) is 121 Å². The first-order valence-electron chi connectivity index (χ1n) is 21.1. The molecular weight excluding hydrogens is 857 g/mol. The van der Waals surface area contributed by atoms with Crippen molar-refractivity contribution in [3.63, 3.8) is 0 Å². The van der Waals surface area contributed by atoms with Crippen LogP contribution in [-0.2, 0) is 0 Å². The van der Waals surface area contributed by atoms with Gasteiger partial charge in [-0.25, -0.2) is 21.8 Å². The van der Waals surface area contributed by atoms with Crippen molar-refractivity contribution in [1.29, 1.82) is 0 Å². The number of carbonyl (C=O) groups is 4. The van der Waals surface area contributed by atoms with Crippen molar-refractivity contribution >= 4 is 70.2 Å². The van der Waals surface area contributed by atoms with E-state index in [9.17, 15) is 19.2 Å². The highest BCUT2D eigenvalue weighted by Gasteiger charge is 2.14. The van der Waals surface area contributed by atoms with E-state index in [2.05, 4.69) is 79.4 Å². The molecular formula is C54H44N8O6. The summed E-state index contributed by atoms with van der Waals surface area (Å²) in [5, 5.41) is 25.4. The number of hydrogen-bond acceptors (Lipinski definition) is 10. The fourth-order valence-corrected chi connectivity index (χ4v) is 6.79. The van der Waals surface area contributed by atoms with Gasteiger partial charge in [-0.2, -0.15) is 10.2 Å². The normalized spacial score (nSPS) is 10.6. The number of nitrogens with one attached hydrogen (secondary N) is 4. The standard InChI is InChI=1S/2C27H22N4O3/c32-26(21-8-7-9-22(18-21)27(33)30-34)29-28-19-20-14-16-25(17-15-20)31(23-10-3-1-4-11-23)24-12-5-2-6-13-24;32-26(21-13-15-22(16-14-21)27(33)30-34)29-28-19-20-11-17-25(18-12-20)31(23-7-3-1-4-8-23)24-9-5-2-6-10-24/h2*1-19,34H,(H,29,32)(H,30,33)/b2*28-19+. The molecule has 0 unspecified atom stereocenters. The Balaban J connectivity index is 0.000000201. The molecule has 0 radical (unpaired) electrons. The third-order valence-electron chi connectivity index (χ3n) is 10.1. The molecule has 8 aromatic carbocycles. The first-order chi connectivity index (χ1) is 33.3. The summed E-state index contributed by atoms with van der Waals surface area (Å²) in [5.41, 5.74) is 16.8. The molecule has 68 heavy (non-hydrogen) atoms. The lowest BCUT2D eigenvalue weighted by Gasteiger charge is -2.25. The third-order valence-corrected chi connectivity index (χ3v) is 10.1. The van der Waals surface area contributed by atoms with Crippen LogP contribution in [0.15, 0.2) is 229 Å².